The molecule has 0 spiro atoms. The lowest BCUT2D eigenvalue weighted by Crippen LogP contribution is -2.29. The standard InChI is InChI=1S/C20H17BrClN3O4/c1-28-17-10-18(29-2)16(9-14(17)22)23-19(26)11-25-20(27)7-6-15(24-25)12-4-3-5-13(21)8-12/h3-10H,11H2,1-2H3,(H,23,26). The minimum Gasteiger partial charge on any atom is -0.495 e. The van der Waals surface area contributed by atoms with Crippen molar-refractivity contribution in [3.05, 3.63) is 68.4 Å². The van der Waals surface area contributed by atoms with E-state index in [-0.39, 0.29) is 6.54 Å². The SMILES string of the molecule is COc1cc(OC)c(NC(=O)Cn2nc(-c3cccc(Br)c3)ccc2=O)cc1Cl. The number of benzene rings is 2. The van der Waals surface area contributed by atoms with Gasteiger partial charge in [-0.15, -0.1) is 0 Å². The number of rotatable bonds is 6. The van der Waals surface area contributed by atoms with Gasteiger partial charge in [-0.1, -0.05) is 39.7 Å². The molecule has 29 heavy (non-hydrogen) atoms. The van der Waals surface area contributed by atoms with E-state index in [1.54, 1.807) is 12.1 Å². The first kappa shape index (κ1) is 20.9. The lowest BCUT2D eigenvalue weighted by Gasteiger charge is -2.13. The Morgan fingerprint density at radius 1 is 1.14 bits per heavy atom. The topological polar surface area (TPSA) is 82.4 Å². The summed E-state index contributed by atoms with van der Waals surface area (Å²) in [7, 11) is 2.95. The number of amides is 1. The van der Waals surface area contributed by atoms with Crippen molar-refractivity contribution in [3.8, 4) is 22.8 Å². The molecule has 1 heterocycles. The van der Waals surface area contributed by atoms with Gasteiger partial charge < -0.3 is 14.8 Å². The molecular formula is C20H17BrClN3O4. The first-order valence-electron chi connectivity index (χ1n) is 8.46. The fourth-order valence-electron chi connectivity index (χ4n) is 2.65. The molecule has 1 aromatic heterocycles. The summed E-state index contributed by atoms with van der Waals surface area (Å²) < 4.78 is 12.4. The van der Waals surface area contributed by atoms with Crippen molar-refractivity contribution in [3.63, 3.8) is 0 Å². The van der Waals surface area contributed by atoms with Gasteiger partial charge in [0.1, 0.15) is 18.0 Å². The van der Waals surface area contributed by atoms with E-state index in [0.29, 0.717) is 27.9 Å². The number of nitrogens with one attached hydrogen (secondary N) is 1. The molecule has 0 bridgehead atoms. The van der Waals surface area contributed by atoms with Crippen LogP contribution in [0.5, 0.6) is 11.5 Å². The van der Waals surface area contributed by atoms with Crippen LogP contribution in [0, 0.1) is 0 Å². The number of hydrogen-bond donors (Lipinski definition) is 1. The van der Waals surface area contributed by atoms with Crippen molar-refractivity contribution in [1.29, 1.82) is 0 Å². The van der Waals surface area contributed by atoms with Gasteiger partial charge in [0.15, 0.2) is 0 Å². The van der Waals surface area contributed by atoms with E-state index in [1.165, 1.54) is 26.4 Å². The zero-order valence-electron chi connectivity index (χ0n) is 15.6. The highest BCUT2D eigenvalue weighted by Crippen LogP contribution is 2.35. The summed E-state index contributed by atoms with van der Waals surface area (Å²) in [6.07, 6.45) is 0. The molecule has 150 valence electrons. The second-order valence-electron chi connectivity index (χ2n) is 5.96. The predicted octanol–water partition coefficient (Wildman–Crippen LogP) is 3.98. The molecule has 0 saturated heterocycles. The van der Waals surface area contributed by atoms with Crippen LogP contribution in [-0.2, 0) is 11.3 Å². The normalized spacial score (nSPS) is 10.5. The number of halogens is 2. The first-order valence-corrected chi connectivity index (χ1v) is 9.64. The largest absolute Gasteiger partial charge is 0.495 e. The fourth-order valence-corrected chi connectivity index (χ4v) is 3.29. The number of carbonyl (C=O) groups excluding carboxylic acids is 1. The molecule has 2 aromatic carbocycles. The zero-order valence-corrected chi connectivity index (χ0v) is 18.0. The number of aromatic nitrogens is 2. The maximum Gasteiger partial charge on any atom is 0.267 e. The number of anilines is 1. The molecule has 0 radical (unpaired) electrons. The van der Waals surface area contributed by atoms with Gasteiger partial charge in [0, 0.05) is 22.2 Å². The Balaban J connectivity index is 1.84. The van der Waals surface area contributed by atoms with Crippen molar-refractivity contribution in [2.24, 2.45) is 0 Å². The van der Waals surface area contributed by atoms with Crippen molar-refractivity contribution in [2.45, 2.75) is 6.54 Å². The zero-order chi connectivity index (χ0) is 21.0. The van der Waals surface area contributed by atoms with Gasteiger partial charge in [0.05, 0.1) is 30.6 Å². The lowest BCUT2D eigenvalue weighted by atomic mass is 10.1. The van der Waals surface area contributed by atoms with Gasteiger partial charge in [0.2, 0.25) is 5.91 Å². The van der Waals surface area contributed by atoms with E-state index in [1.807, 2.05) is 24.3 Å². The molecule has 0 unspecified atom stereocenters. The minimum atomic E-state index is -0.453. The maximum atomic E-state index is 12.5. The summed E-state index contributed by atoms with van der Waals surface area (Å²) in [6.45, 7) is -0.270. The molecule has 0 saturated carbocycles. The summed E-state index contributed by atoms with van der Waals surface area (Å²) in [6, 6.07) is 13.6. The average Bonchev–Trinajstić information content (AvgIpc) is 2.70. The molecule has 0 fully saturated rings. The highest BCUT2D eigenvalue weighted by Gasteiger charge is 2.14. The summed E-state index contributed by atoms with van der Waals surface area (Å²) in [4.78, 5) is 24.7. The Kier molecular flexibility index (Phi) is 6.56. The molecule has 0 aliphatic carbocycles. The molecule has 3 aromatic rings. The second kappa shape index (κ2) is 9.11. The van der Waals surface area contributed by atoms with E-state index in [2.05, 4.69) is 26.3 Å². The molecule has 0 aliphatic rings. The Labute approximate surface area is 180 Å². The van der Waals surface area contributed by atoms with Crippen LogP contribution in [-0.4, -0.2) is 29.9 Å². The summed E-state index contributed by atoms with van der Waals surface area (Å²) in [5, 5.41) is 7.30. The van der Waals surface area contributed by atoms with E-state index in [0.717, 1.165) is 14.7 Å². The van der Waals surface area contributed by atoms with Gasteiger partial charge in [-0.2, -0.15) is 5.10 Å². The summed E-state index contributed by atoms with van der Waals surface area (Å²) in [5.74, 6) is 0.342. The van der Waals surface area contributed by atoms with Crippen molar-refractivity contribution < 1.29 is 14.3 Å². The molecule has 9 heteroatoms. The van der Waals surface area contributed by atoms with E-state index in [4.69, 9.17) is 21.1 Å². The minimum absolute atomic E-state index is 0.270. The molecule has 3 rings (SSSR count). The monoisotopic (exact) mass is 477 g/mol. The van der Waals surface area contributed by atoms with Crippen LogP contribution in [0.1, 0.15) is 0 Å². The van der Waals surface area contributed by atoms with Crippen LogP contribution >= 0.6 is 27.5 Å². The molecule has 0 aliphatic heterocycles. The lowest BCUT2D eigenvalue weighted by molar-refractivity contribution is -0.117. The van der Waals surface area contributed by atoms with Crippen LogP contribution in [0.25, 0.3) is 11.3 Å². The average molecular weight is 479 g/mol. The third-order valence-electron chi connectivity index (χ3n) is 4.03. The molecular weight excluding hydrogens is 462 g/mol. The summed E-state index contributed by atoms with van der Waals surface area (Å²) in [5.41, 5.74) is 1.36. The number of hydrogen-bond acceptors (Lipinski definition) is 5. The van der Waals surface area contributed by atoms with Gasteiger partial charge in [0.25, 0.3) is 5.56 Å². The third-order valence-corrected chi connectivity index (χ3v) is 4.82. The van der Waals surface area contributed by atoms with Crippen LogP contribution < -0.4 is 20.3 Å². The number of nitrogens with zero attached hydrogens (tertiary/aromatic N) is 2. The predicted molar refractivity (Wildman–Crippen MR) is 115 cm³/mol. The Bertz CT molecular complexity index is 1120. The van der Waals surface area contributed by atoms with Gasteiger partial charge in [-0.25, -0.2) is 4.68 Å². The van der Waals surface area contributed by atoms with Crippen LogP contribution in [0.2, 0.25) is 5.02 Å². The summed E-state index contributed by atoms with van der Waals surface area (Å²) >= 11 is 9.53. The smallest absolute Gasteiger partial charge is 0.267 e. The van der Waals surface area contributed by atoms with Crippen LogP contribution in [0.15, 0.2) is 57.8 Å². The van der Waals surface area contributed by atoms with Crippen LogP contribution in [0.3, 0.4) is 0 Å². The third kappa shape index (κ3) is 4.96. The highest BCUT2D eigenvalue weighted by molar-refractivity contribution is 9.10. The molecule has 1 amide bonds. The van der Waals surface area contributed by atoms with E-state index < -0.39 is 11.5 Å². The Morgan fingerprint density at radius 3 is 2.59 bits per heavy atom. The quantitative estimate of drug-likeness (QED) is 0.579. The number of ether oxygens (including phenoxy) is 2. The van der Waals surface area contributed by atoms with E-state index >= 15 is 0 Å². The Hall–Kier alpha value is -2.84. The second-order valence-corrected chi connectivity index (χ2v) is 7.28. The van der Waals surface area contributed by atoms with Gasteiger partial charge >= 0.3 is 0 Å². The Morgan fingerprint density at radius 2 is 1.90 bits per heavy atom. The fraction of sp³-hybridized carbons (Fsp3) is 0.150. The van der Waals surface area contributed by atoms with Crippen molar-refractivity contribution in [1.82, 2.24) is 9.78 Å². The molecule has 7 nitrogen and oxygen atoms in total. The number of methoxy groups -OCH3 is 2. The van der Waals surface area contributed by atoms with Gasteiger partial charge in [-0.05, 0) is 24.3 Å². The van der Waals surface area contributed by atoms with Crippen LogP contribution in [0.4, 0.5) is 5.69 Å². The highest BCUT2D eigenvalue weighted by atomic mass is 79.9. The molecule has 0 atom stereocenters. The number of carbonyl (C=O) groups is 1. The van der Waals surface area contributed by atoms with Crippen molar-refractivity contribution >= 4 is 39.1 Å². The first-order chi connectivity index (χ1) is 13.9. The molecule has 1 N–H and O–H groups in total. The van der Waals surface area contributed by atoms with Gasteiger partial charge in [-0.3, -0.25) is 9.59 Å². The van der Waals surface area contributed by atoms with Crippen molar-refractivity contribution in [2.75, 3.05) is 19.5 Å². The van der Waals surface area contributed by atoms with E-state index in [9.17, 15) is 9.59 Å². The maximum absolute atomic E-state index is 12.5.